The second-order valence-electron chi connectivity index (χ2n) is 5.45. The van der Waals surface area contributed by atoms with E-state index in [0.29, 0.717) is 12.1 Å². The van der Waals surface area contributed by atoms with Gasteiger partial charge in [0.2, 0.25) is 5.91 Å². The lowest BCUT2D eigenvalue weighted by atomic mass is 10.2. The molecule has 2 aromatic heterocycles. The van der Waals surface area contributed by atoms with Crippen LogP contribution in [-0.2, 0) is 11.3 Å². The fourth-order valence-corrected chi connectivity index (χ4v) is 2.52. The van der Waals surface area contributed by atoms with Crippen molar-refractivity contribution in [2.45, 2.75) is 13.0 Å². The number of carbonyl (C=O) groups is 2. The van der Waals surface area contributed by atoms with Crippen LogP contribution in [-0.4, -0.2) is 27.6 Å². The molecule has 1 aromatic carbocycles. The van der Waals surface area contributed by atoms with Crippen molar-refractivity contribution in [1.29, 1.82) is 0 Å². The first-order valence-electron chi connectivity index (χ1n) is 7.75. The number of benzene rings is 1. The average Bonchev–Trinajstić information content (AvgIpc) is 2.99. The van der Waals surface area contributed by atoms with Crippen LogP contribution >= 0.6 is 0 Å². The fourth-order valence-electron chi connectivity index (χ4n) is 2.52. The highest BCUT2D eigenvalue weighted by molar-refractivity contribution is 6.00. The van der Waals surface area contributed by atoms with Gasteiger partial charge in [-0.1, -0.05) is 18.2 Å². The van der Waals surface area contributed by atoms with Gasteiger partial charge in [0.05, 0.1) is 11.8 Å². The first-order valence-corrected chi connectivity index (χ1v) is 7.75. The maximum Gasteiger partial charge on any atom is 0.272 e. The summed E-state index contributed by atoms with van der Waals surface area (Å²) in [6, 6.07) is 11.1. The minimum atomic E-state index is -0.350. The lowest BCUT2D eigenvalue weighted by Gasteiger charge is -2.02. The van der Waals surface area contributed by atoms with Crippen LogP contribution < -0.4 is 11.2 Å². The predicted molar refractivity (Wildman–Crippen MR) is 95.0 cm³/mol. The number of rotatable bonds is 6. The second kappa shape index (κ2) is 7.39. The zero-order valence-electron chi connectivity index (χ0n) is 13.4. The third-order valence-electron chi connectivity index (χ3n) is 3.71. The molecule has 2 heterocycles. The van der Waals surface area contributed by atoms with Gasteiger partial charge in [-0.15, -0.1) is 0 Å². The maximum absolute atomic E-state index is 12.0. The molecule has 126 valence electrons. The van der Waals surface area contributed by atoms with Crippen molar-refractivity contribution in [3.63, 3.8) is 0 Å². The van der Waals surface area contributed by atoms with Crippen LogP contribution in [0.4, 0.5) is 0 Å². The van der Waals surface area contributed by atoms with Gasteiger partial charge >= 0.3 is 0 Å². The number of hydrogen-bond donors (Lipinski definition) is 2. The van der Waals surface area contributed by atoms with Gasteiger partial charge in [0.15, 0.2) is 0 Å². The summed E-state index contributed by atoms with van der Waals surface area (Å²) in [5.74, 6) is -0.682. The number of para-hydroxylation sites is 1. The summed E-state index contributed by atoms with van der Waals surface area (Å²) in [7, 11) is 0. The van der Waals surface area contributed by atoms with Crippen LogP contribution in [0.1, 0.15) is 22.3 Å². The molecule has 0 fully saturated rings. The topological polar surface area (TPSA) is 102 Å². The number of nitrogens with two attached hydrogens (primary N) is 1. The summed E-state index contributed by atoms with van der Waals surface area (Å²) in [5, 5.41) is 5.00. The zero-order chi connectivity index (χ0) is 17.6. The number of aryl methyl sites for hydroxylation is 1. The quantitative estimate of drug-likeness (QED) is 0.529. The Morgan fingerprint density at radius 1 is 1.24 bits per heavy atom. The van der Waals surface area contributed by atoms with Crippen LogP contribution in [0.25, 0.3) is 10.9 Å². The minimum Gasteiger partial charge on any atom is -0.370 e. The van der Waals surface area contributed by atoms with Crippen molar-refractivity contribution in [1.82, 2.24) is 15.0 Å². The van der Waals surface area contributed by atoms with Crippen molar-refractivity contribution >= 4 is 28.9 Å². The Morgan fingerprint density at radius 2 is 2.08 bits per heavy atom. The number of hydrogen-bond acceptors (Lipinski definition) is 4. The maximum atomic E-state index is 12.0. The van der Waals surface area contributed by atoms with E-state index in [1.165, 1.54) is 6.20 Å². The van der Waals surface area contributed by atoms with Gasteiger partial charge in [-0.25, -0.2) is 5.43 Å². The molecule has 0 aliphatic rings. The molecule has 0 saturated heterocycles. The Balaban J connectivity index is 1.79. The number of nitrogens with one attached hydrogen (secondary N) is 1. The van der Waals surface area contributed by atoms with Gasteiger partial charge in [-0.3, -0.25) is 14.6 Å². The molecule has 0 aliphatic carbocycles. The average molecular weight is 335 g/mol. The number of amides is 2. The molecule has 0 spiro atoms. The first kappa shape index (κ1) is 16.4. The van der Waals surface area contributed by atoms with Crippen LogP contribution in [0.3, 0.4) is 0 Å². The number of aromatic nitrogens is 2. The molecule has 0 aliphatic heterocycles. The SMILES string of the molecule is NC(=O)CCn1cc(/C=N/NC(=O)c2cccnc2)c2ccccc21. The lowest BCUT2D eigenvalue weighted by molar-refractivity contribution is -0.118. The van der Waals surface area contributed by atoms with E-state index in [0.717, 1.165) is 16.5 Å². The predicted octanol–water partition coefficient (Wildman–Crippen LogP) is 1.68. The summed E-state index contributed by atoms with van der Waals surface area (Å²) in [6.07, 6.45) is 6.79. The van der Waals surface area contributed by atoms with Gasteiger partial charge in [0.1, 0.15) is 0 Å². The van der Waals surface area contributed by atoms with Crippen LogP contribution in [0, 0.1) is 0 Å². The molecule has 25 heavy (non-hydrogen) atoms. The van der Waals surface area contributed by atoms with E-state index in [2.05, 4.69) is 15.5 Å². The van der Waals surface area contributed by atoms with Crippen molar-refractivity contribution < 1.29 is 9.59 Å². The molecular formula is C18H17N5O2. The highest BCUT2D eigenvalue weighted by Gasteiger charge is 2.08. The van der Waals surface area contributed by atoms with Crippen molar-refractivity contribution in [3.05, 3.63) is 66.1 Å². The molecule has 0 bridgehead atoms. The van der Waals surface area contributed by atoms with Gasteiger partial charge in [-0.05, 0) is 18.2 Å². The highest BCUT2D eigenvalue weighted by Crippen LogP contribution is 2.20. The highest BCUT2D eigenvalue weighted by atomic mass is 16.2. The van der Waals surface area contributed by atoms with Crippen molar-refractivity contribution in [2.75, 3.05) is 0 Å². The molecule has 3 rings (SSSR count). The Labute approximate surface area is 144 Å². The van der Waals surface area contributed by atoms with Crippen LogP contribution in [0.15, 0.2) is 60.1 Å². The Hall–Kier alpha value is -3.48. The monoisotopic (exact) mass is 335 g/mol. The molecule has 0 radical (unpaired) electrons. The third-order valence-corrected chi connectivity index (χ3v) is 3.71. The second-order valence-corrected chi connectivity index (χ2v) is 5.45. The lowest BCUT2D eigenvalue weighted by Crippen LogP contribution is -2.17. The normalized spacial score (nSPS) is 11.0. The molecule has 7 nitrogen and oxygen atoms in total. The molecule has 0 atom stereocenters. The van der Waals surface area contributed by atoms with E-state index in [4.69, 9.17) is 5.73 Å². The number of pyridine rings is 1. The van der Waals surface area contributed by atoms with E-state index < -0.39 is 0 Å². The Bertz CT molecular complexity index is 931. The van der Waals surface area contributed by atoms with Gasteiger partial charge in [-0.2, -0.15) is 5.10 Å². The Morgan fingerprint density at radius 3 is 2.84 bits per heavy atom. The van der Waals surface area contributed by atoms with Crippen LogP contribution in [0.2, 0.25) is 0 Å². The van der Waals surface area contributed by atoms with E-state index in [9.17, 15) is 9.59 Å². The van der Waals surface area contributed by atoms with Crippen molar-refractivity contribution in [2.24, 2.45) is 10.8 Å². The van der Waals surface area contributed by atoms with E-state index in [-0.39, 0.29) is 18.2 Å². The van der Waals surface area contributed by atoms with Crippen LogP contribution in [0.5, 0.6) is 0 Å². The van der Waals surface area contributed by atoms with E-state index in [1.807, 2.05) is 35.0 Å². The van der Waals surface area contributed by atoms with Gasteiger partial charge in [0, 0.05) is 48.0 Å². The summed E-state index contributed by atoms with van der Waals surface area (Å²) in [6.45, 7) is 0.492. The first-order chi connectivity index (χ1) is 12.1. The van der Waals surface area contributed by atoms with E-state index in [1.54, 1.807) is 24.5 Å². The minimum absolute atomic E-state index is 0.257. The fraction of sp³-hybridized carbons (Fsp3) is 0.111. The molecule has 3 N–H and O–H groups in total. The smallest absolute Gasteiger partial charge is 0.272 e. The summed E-state index contributed by atoms with van der Waals surface area (Å²) >= 11 is 0. The van der Waals surface area contributed by atoms with Crippen molar-refractivity contribution in [3.8, 4) is 0 Å². The summed E-state index contributed by atoms with van der Waals surface area (Å²) in [4.78, 5) is 26.9. The zero-order valence-corrected chi connectivity index (χ0v) is 13.4. The number of carbonyl (C=O) groups excluding carboxylic acids is 2. The summed E-state index contributed by atoms with van der Waals surface area (Å²) < 4.78 is 1.95. The van der Waals surface area contributed by atoms with E-state index >= 15 is 0 Å². The molecular weight excluding hydrogens is 318 g/mol. The number of fused-ring (bicyclic) bond motifs is 1. The molecule has 7 heteroatoms. The number of primary amides is 1. The number of nitrogens with zero attached hydrogens (tertiary/aromatic N) is 3. The van der Waals surface area contributed by atoms with Gasteiger partial charge < -0.3 is 10.3 Å². The Kier molecular flexibility index (Phi) is 4.84. The molecule has 3 aromatic rings. The standard InChI is InChI=1S/C18H17N5O2/c19-17(24)7-9-23-12-14(15-5-1-2-6-16(15)23)11-21-22-18(25)13-4-3-8-20-10-13/h1-6,8,10-12H,7,9H2,(H2,19,24)(H,22,25)/b21-11+. The molecule has 0 unspecified atom stereocenters. The third kappa shape index (κ3) is 3.89. The number of hydrazone groups is 1. The van der Waals surface area contributed by atoms with Gasteiger partial charge in [0.25, 0.3) is 5.91 Å². The molecule has 2 amide bonds. The summed E-state index contributed by atoms with van der Waals surface area (Å²) in [5.41, 5.74) is 9.96. The largest absolute Gasteiger partial charge is 0.370 e. The molecule has 0 saturated carbocycles.